The van der Waals surface area contributed by atoms with Crippen LogP contribution in [-0.2, 0) is 5.67 Å². The number of hydrogen-bond donors (Lipinski definition) is 1. The molecule has 0 spiro atoms. The molecule has 1 amide bonds. The Labute approximate surface area is 211 Å². The second-order valence-electron chi connectivity index (χ2n) is 7.47. The first kappa shape index (κ1) is 29.3. The quantitative estimate of drug-likeness (QED) is 0.291. The van der Waals surface area contributed by atoms with E-state index < -0.39 is 63.8 Å². The second-order valence-corrected chi connectivity index (χ2v) is 8.33. The van der Waals surface area contributed by atoms with Gasteiger partial charge in [0.2, 0.25) is 0 Å². The van der Waals surface area contributed by atoms with Gasteiger partial charge in [0, 0.05) is 27.2 Å². The third-order valence-electron chi connectivity index (χ3n) is 4.96. The average molecular weight is 629 g/mol. The standard InChI is InChI=1S/C21H9BrF12N2O2/c22-12-7-11(17(23,19(26,27)28)18(24,25)20(29,30)31)8-14(38-21(32,33)34)15(12)36-16(37)10-4-3-9-2-1-5-35-13(9)6-10/h1-8H,(H,36,37). The lowest BCUT2D eigenvalue weighted by Gasteiger charge is -2.36. The molecular formula is C21H9BrF12N2O2. The summed E-state index contributed by atoms with van der Waals surface area (Å²) in [6.45, 7) is 0. The Bertz CT molecular complexity index is 1370. The fourth-order valence-electron chi connectivity index (χ4n) is 3.22. The largest absolute Gasteiger partial charge is 0.573 e. The van der Waals surface area contributed by atoms with Gasteiger partial charge in [-0.2, -0.15) is 35.1 Å². The van der Waals surface area contributed by atoms with Crippen LogP contribution in [0.25, 0.3) is 10.9 Å². The molecule has 0 aliphatic carbocycles. The Morgan fingerprint density at radius 2 is 1.47 bits per heavy atom. The lowest BCUT2D eigenvalue weighted by Crippen LogP contribution is -2.59. The molecule has 0 fully saturated rings. The highest BCUT2D eigenvalue weighted by Gasteiger charge is 2.81. The van der Waals surface area contributed by atoms with Crippen LogP contribution in [0.1, 0.15) is 15.9 Å². The minimum atomic E-state index is -7.16. The van der Waals surface area contributed by atoms with Crippen molar-refractivity contribution >= 4 is 38.4 Å². The first-order valence-corrected chi connectivity index (χ1v) is 10.4. The number of anilines is 1. The van der Waals surface area contributed by atoms with E-state index in [9.17, 15) is 57.5 Å². The molecule has 0 aliphatic rings. The molecule has 4 nitrogen and oxygen atoms in total. The number of fused-ring (bicyclic) bond motifs is 1. The fraction of sp³-hybridized carbons (Fsp3) is 0.238. The van der Waals surface area contributed by atoms with Gasteiger partial charge >= 0.3 is 30.3 Å². The number of halogens is 13. The number of carbonyl (C=O) groups is 1. The van der Waals surface area contributed by atoms with E-state index in [4.69, 9.17) is 0 Å². The van der Waals surface area contributed by atoms with Gasteiger partial charge in [0.25, 0.3) is 5.91 Å². The summed E-state index contributed by atoms with van der Waals surface area (Å²) in [7, 11) is 0. The molecule has 2 aromatic carbocycles. The van der Waals surface area contributed by atoms with Crippen molar-refractivity contribution in [1.82, 2.24) is 4.98 Å². The molecule has 1 aromatic heterocycles. The molecule has 3 rings (SSSR count). The Balaban J connectivity index is 2.18. The minimum absolute atomic E-state index is 0.239. The van der Waals surface area contributed by atoms with Crippen LogP contribution in [0.2, 0.25) is 0 Å². The second kappa shape index (κ2) is 9.50. The molecule has 0 radical (unpaired) electrons. The highest BCUT2D eigenvalue weighted by molar-refractivity contribution is 9.10. The monoisotopic (exact) mass is 628 g/mol. The van der Waals surface area contributed by atoms with Crippen LogP contribution in [0, 0.1) is 0 Å². The summed E-state index contributed by atoms with van der Waals surface area (Å²) in [6, 6.07) is 5.91. The number of pyridine rings is 1. The SMILES string of the molecule is O=C(Nc1c(Br)cc(C(F)(C(F)(F)F)C(F)(F)C(F)(F)F)cc1OC(F)(F)F)c1ccc2cccnc2c1. The molecule has 17 heteroatoms. The third kappa shape index (κ3) is 5.33. The zero-order valence-electron chi connectivity index (χ0n) is 17.8. The lowest BCUT2D eigenvalue weighted by molar-refractivity contribution is -0.389. The Kier molecular flexibility index (Phi) is 7.33. The van der Waals surface area contributed by atoms with Crippen LogP contribution in [-0.4, -0.2) is 35.5 Å². The molecule has 3 aromatic rings. The van der Waals surface area contributed by atoms with Crippen molar-refractivity contribution in [2.75, 3.05) is 5.32 Å². The fourth-order valence-corrected chi connectivity index (χ4v) is 3.76. The van der Waals surface area contributed by atoms with Gasteiger partial charge in [-0.25, -0.2) is 4.39 Å². The maximum atomic E-state index is 14.9. The Hall–Kier alpha value is -3.24. The molecule has 0 bridgehead atoms. The van der Waals surface area contributed by atoms with E-state index in [1.54, 1.807) is 12.1 Å². The van der Waals surface area contributed by atoms with E-state index in [-0.39, 0.29) is 17.1 Å². The number of alkyl halides is 12. The number of rotatable bonds is 5. The number of hydrogen-bond acceptors (Lipinski definition) is 3. The summed E-state index contributed by atoms with van der Waals surface area (Å²) >= 11 is 2.39. The van der Waals surface area contributed by atoms with Crippen LogP contribution < -0.4 is 10.1 Å². The summed E-state index contributed by atoms with van der Waals surface area (Å²) in [5.41, 5.74) is -10.3. The van der Waals surface area contributed by atoms with Crippen molar-refractivity contribution in [2.45, 2.75) is 30.3 Å². The van der Waals surface area contributed by atoms with E-state index in [1.807, 2.05) is 5.32 Å². The van der Waals surface area contributed by atoms with Gasteiger partial charge in [-0.15, -0.1) is 13.2 Å². The smallest absolute Gasteiger partial charge is 0.404 e. The van der Waals surface area contributed by atoms with E-state index in [0.717, 1.165) is 6.07 Å². The van der Waals surface area contributed by atoms with E-state index in [0.29, 0.717) is 5.39 Å². The normalized spacial score (nSPS) is 14.8. The molecular weight excluding hydrogens is 620 g/mol. The van der Waals surface area contributed by atoms with Gasteiger partial charge in [0.05, 0.1) is 11.2 Å². The molecule has 1 unspecified atom stereocenters. The predicted molar refractivity (Wildman–Crippen MR) is 110 cm³/mol. The van der Waals surface area contributed by atoms with Crippen molar-refractivity contribution in [3.63, 3.8) is 0 Å². The summed E-state index contributed by atoms with van der Waals surface area (Å²) in [4.78, 5) is 16.6. The van der Waals surface area contributed by atoms with Crippen LogP contribution >= 0.6 is 15.9 Å². The maximum absolute atomic E-state index is 14.9. The van der Waals surface area contributed by atoms with Crippen molar-refractivity contribution in [3.8, 4) is 5.75 Å². The average Bonchev–Trinajstić information content (AvgIpc) is 2.77. The summed E-state index contributed by atoms with van der Waals surface area (Å²) in [5.74, 6) is -10.3. The number of nitrogens with one attached hydrogen (secondary N) is 1. The number of aromatic nitrogens is 1. The zero-order chi connectivity index (χ0) is 28.9. The Morgan fingerprint density at radius 3 is 2.03 bits per heavy atom. The number of ether oxygens (including phenoxy) is 1. The molecule has 0 saturated heterocycles. The van der Waals surface area contributed by atoms with E-state index in [2.05, 4.69) is 25.7 Å². The topological polar surface area (TPSA) is 51.2 Å². The molecule has 38 heavy (non-hydrogen) atoms. The van der Waals surface area contributed by atoms with Crippen LogP contribution in [0.15, 0.2) is 53.1 Å². The van der Waals surface area contributed by atoms with Gasteiger partial charge < -0.3 is 10.1 Å². The first-order chi connectivity index (χ1) is 17.2. The van der Waals surface area contributed by atoms with Crippen molar-refractivity contribution in [3.05, 3.63) is 64.3 Å². The highest BCUT2D eigenvalue weighted by Crippen LogP contribution is 2.59. The Morgan fingerprint density at radius 1 is 0.842 bits per heavy atom. The molecule has 1 heterocycles. The molecule has 206 valence electrons. The van der Waals surface area contributed by atoms with E-state index in [1.165, 1.54) is 18.3 Å². The van der Waals surface area contributed by atoms with Gasteiger partial charge in [-0.05, 0) is 46.3 Å². The van der Waals surface area contributed by atoms with Gasteiger partial charge in [0.1, 0.15) is 0 Å². The van der Waals surface area contributed by atoms with Crippen molar-refractivity contribution in [1.29, 1.82) is 0 Å². The van der Waals surface area contributed by atoms with Crippen LogP contribution in [0.3, 0.4) is 0 Å². The maximum Gasteiger partial charge on any atom is 0.573 e. The van der Waals surface area contributed by atoms with Crippen LogP contribution in [0.4, 0.5) is 58.4 Å². The summed E-state index contributed by atoms with van der Waals surface area (Å²) < 4.78 is 162. The first-order valence-electron chi connectivity index (χ1n) is 9.65. The van der Waals surface area contributed by atoms with E-state index >= 15 is 0 Å². The predicted octanol–water partition coefficient (Wildman–Crippen LogP) is 8.07. The van der Waals surface area contributed by atoms with Gasteiger partial charge in [-0.1, -0.05) is 12.1 Å². The zero-order valence-corrected chi connectivity index (χ0v) is 19.4. The van der Waals surface area contributed by atoms with Crippen molar-refractivity contribution in [2.24, 2.45) is 0 Å². The molecule has 1 N–H and O–H groups in total. The highest BCUT2D eigenvalue weighted by atomic mass is 79.9. The number of benzene rings is 2. The number of amides is 1. The molecule has 1 atom stereocenters. The summed E-state index contributed by atoms with van der Waals surface area (Å²) in [6.07, 6.45) is -18.5. The third-order valence-corrected chi connectivity index (χ3v) is 5.59. The number of nitrogens with zero attached hydrogens (tertiary/aromatic N) is 1. The van der Waals surface area contributed by atoms with Gasteiger partial charge in [-0.3, -0.25) is 9.78 Å². The minimum Gasteiger partial charge on any atom is -0.404 e. The van der Waals surface area contributed by atoms with Crippen molar-refractivity contribution < 1.29 is 62.2 Å². The molecule has 0 saturated carbocycles. The lowest BCUT2D eigenvalue weighted by atomic mass is 9.87. The number of carbonyl (C=O) groups excluding carboxylic acids is 1. The van der Waals surface area contributed by atoms with Gasteiger partial charge in [0.15, 0.2) is 5.75 Å². The molecule has 0 aliphatic heterocycles. The van der Waals surface area contributed by atoms with Crippen LogP contribution in [0.5, 0.6) is 5.75 Å². The summed E-state index contributed by atoms with van der Waals surface area (Å²) in [5, 5.41) is 2.35.